The van der Waals surface area contributed by atoms with Gasteiger partial charge in [0, 0.05) is 41.1 Å². The highest BCUT2D eigenvalue weighted by Crippen LogP contribution is 2.35. The molecule has 0 unspecified atom stereocenters. The lowest BCUT2D eigenvalue weighted by atomic mass is 10.1. The molecular weight excluding hydrogens is 459 g/mol. The second-order valence-corrected chi connectivity index (χ2v) is 8.67. The molecule has 5 nitrogen and oxygen atoms in total. The molecule has 2 aromatic carbocycles. The van der Waals surface area contributed by atoms with Gasteiger partial charge in [-0.3, -0.25) is 4.98 Å². The van der Waals surface area contributed by atoms with Crippen molar-refractivity contribution in [3.05, 3.63) is 77.4 Å². The minimum absolute atomic E-state index is 0.432. The van der Waals surface area contributed by atoms with Crippen molar-refractivity contribution in [3.63, 3.8) is 0 Å². The van der Waals surface area contributed by atoms with Crippen LogP contribution in [0.4, 0.5) is 24.0 Å². The van der Waals surface area contributed by atoms with Crippen LogP contribution in [0, 0.1) is 6.92 Å². The standard InChI is InChI=1S/C25H20F3N5S/c1-3-33-22-11-15(2)19(31-24-32-21(14-34-24)16-7-9-29-10-8-16)13-20(22)30-23(33)17-5-4-6-18(12-17)25(26,27)28/h4-14H,3H2,1-2H3,(H,31,32). The Morgan fingerprint density at radius 2 is 1.79 bits per heavy atom. The van der Waals surface area contributed by atoms with E-state index in [1.165, 1.54) is 17.4 Å². The summed E-state index contributed by atoms with van der Waals surface area (Å²) in [6.45, 7) is 4.52. The van der Waals surface area contributed by atoms with Crippen molar-refractivity contribution >= 4 is 33.2 Å². The van der Waals surface area contributed by atoms with E-state index in [1.807, 2.05) is 48.1 Å². The number of thiazole rings is 1. The molecule has 3 aromatic heterocycles. The highest BCUT2D eigenvalue weighted by molar-refractivity contribution is 7.14. The highest BCUT2D eigenvalue weighted by atomic mass is 32.1. The van der Waals surface area contributed by atoms with Gasteiger partial charge in [-0.1, -0.05) is 12.1 Å². The highest BCUT2D eigenvalue weighted by Gasteiger charge is 2.31. The molecule has 0 spiro atoms. The van der Waals surface area contributed by atoms with Crippen LogP contribution in [0.15, 0.2) is 66.3 Å². The van der Waals surface area contributed by atoms with Gasteiger partial charge in [0.15, 0.2) is 5.13 Å². The minimum atomic E-state index is -4.41. The number of hydrogen-bond acceptors (Lipinski definition) is 5. The number of nitrogens with one attached hydrogen (secondary N) is 1. The summed E-state index contributed by atoms with van der Waals surface area (Å²) in [6, 6.07) is 13.0. The summed E-state index contributed by atoms with van der Waals surface area (Å²) in [5.41, 5.74) is 4.99. The van der Waals surface area contributed by atoms with Crippen molar-refractivity contribution in [2.75, 3.05) is 5.32 Å². The summed E-state index contributed by atoms with van der Waals surface area (Å²) >= 11 is 1.49. The Hall–Kier alpha value is -3.72. The van der Waals surface area contributed by atoms with Gasteiger partial charge in [0.05, 0.1) is 22.3 Å². The van der Waals surface area contributed by atoms with Crippen LogP contribution in [0.1, 0.15) is 18.1 Å². The Kier molecular flexibility index (Phi) is 5.57. The van der Waals surface area contributed by atoms with Crippen LogP contribution in [0.2, 0.25) is 0 Å². The quantitative estimate of drug-likeness (QED) is 0.287. The van der Waals surface area contributed by atoms with E-state index in [2.05, 4.69) is 15.3 Å². The van der Waals surface area contributed by atoms with E-state index in [9.17, 15) is 13.2 Å². The maximum absolute atomic E-state index is 13.2. The molecule has 0 aliphatic heterocycles. The van der Waals surface area contributed by atoms with Crippen LogP contribution < -0.4 is 5.32 Å². The number of halogens is 3. The summed E-state index contributed by atoms with van der Waals surface area (Å²) in [7, 11) is 0. The Balaban J connectivity index is 1.52. The molecule has 0 fully saturated rings. The zero-order valence-electron chi connectivity index (χ0n) is 18.4. The van der Waals surface area contributed by atoms with E-state index < -0.39 is 11.7 Å². The van der Waals surface area contributed by atoms with Crippen molar-refractivity contribution in [2.45, 2.75) is 26.6 Å². The van der Waals surface area contributed by atoms with Gasteiger partial charge in [-0.15, -0.1) is 11.3 Å². The van der Waals surface area contributed by atoms with Gasteiger partial charge in [-0.05, 0) is 55.8 Å². The van der Waals surface area contributed by atoms with Crippen molar-refractivity contribution < 1.29 is 13.2 Å². The summed E-state index contributed by atoms with van der Waals surface area (Å²) in [4.78, 5) is 13.4. The Morgan fingerprint density at radius 1 is 1.00 bits per heavy atom. The number of aromatic nitrogens is 4. The molecule has 9 heteroatoms. The van der Waals surface area contributed by atoms with E-state index in [0.717, 1.165) is 45.3 Å². The molecule has 0 atom stereocenters. The first-order valence-corrected chi connectivity index (χ1v) is 11.5. The first kappa shape index (κ1) is 22.1. The molecule has 0 aliphatic carbocycles. The number of anilines is 2. The number of aryl methyl sites for hydroxylation is 2. The number of imidazole rings is 1. The van der Waals surface area contributed by atoms with E-state index in [-0.39, 0.29) is 0 Å². The molecule has 1 N–H and O–H groups in total. The molecular formula is C25H20F3N5S. The molecule has 34 heavy (non-hydrogen) atoms. The van der Waals surface area contributed by atoms with Gasteiger partial charge in [-0.2, -0.15) is 13.2 Å². The Labute approximate surface area is 198 Å². The number of benzene rings is 2. The van der Waals surface area contributed by atoms with Crippen LogP contribution in [-0.2, 0) is 12.7 Å². The van der Waals surface area contributed by atoms with E-state index in [1.54, 1.807) is 18.5 Å². The van der Waals surface area contributed by atoms with Crippen LogP contribution in [0.5, 0.6) is 0 Å². The number of hydrogen-bond donors (Lipinski definition) is 1. The monoisotopic (exact) mass is 479 g/mol. The summed E-state index contributed by atoms with van der Waals surface area (Å²) < 4.78 is 41.7. The molecule has 5 rings (SSSR count). The number of fused-ring (bicyclic) bond motifs is 1. The topological polar surface area (TPSA) is 55.6 Å². The third kappa shape index (κ3) is 4.14. The number of rotatable bonds is 5. The van der Waals surface area contributed by atoms with Gasteiger partial charge in [0.25, 0.3) is 0 Å². The van der Waals surface area contributed by atoms with Gasteiger partial charge in [-0.25, -0.2) is 9.97 Å². The van der Waals surface area contributed by atoms with Gasteiger partial charge in [0.1, 0.15) is 5.82 Å². The predicted molar refractivity (Wildman–Crippen MR) is 129 cm³/mol. The lowest BCUT2D eigenvalue weighted by Gasteiger charge is -2.11. The normalized spacial score (nSPS) is 11.8. The lowest BCUT2D eigenvalue weighted by molar-refractivity contribution is -0.137. The van der Waals surface area contributed by atoms with Crippen LogP contribution in [-0.4, -0.2) is 19.5 Å². The molecule has 3 heterocycles. The Bertz CT molecular complexity index is 1470. The zero-order valence-corrected chi connectivity index (χ0v) is 19.2. The fourth-order valence-corrected chi connectivity index (χ4v) is 4.62. The van der Waals surface area contributed by atoms with Gasteiger partial charge >= 0.3 is 6.18 Å². The smallest absolute Gasteiger partial charge is 0.331 e. The lowest BCUT2D eigenvalue weighted by Crippen LogP contribution is -2.05. The first-order valence-electron chi connectivity index (χ1n) is 10.6. The van der Waals surface area contributed by atoms with Crippen molar-refractivity contribution in [1.29, 1.82) is 0 Å². The zero-order chi connectivity index (χ0) is 23.9. The molecule has 0 saturated carbocycles. The van der Waals surface area contributed by atoms with Crippen molar-refractivity contribution in [1.82, 2.24) is 19.5 Å². The summed E-state index contributed by atoms with van der Waals surface area (Å²) in [6.07, 6.45) is -0.951. The van der Waals surface area contributed by atoms with Crippen LogP contribution in [0.25, 0.3) is 33.7 Å². The number of pyridine rings is 1. The second-order valence-electron chi connectivity index (χ2n) is 7.81. The molecule has 0 aliphatic rings. The second kappa shape index (κ2) is 8.57. The third-order valence-corrected chi connectivity index (χ3v) is 6.34. The molecule has 0 radical (unpaired) electrons. The minimum Gasteiger partial charge on any atom is -0.331 e. The first-order chi connectivity index (χ1) is 16.3. The van der Waals surface area contributed by atoms with Gasteiger partial charge < -0.3 is 9.88 Å². The maximum atomic E-state index is 13.2. The third-order valence-electron chi connectivity index (χ3n) is 5.58. The van der Waals surface area contributed by atoms with Crippen molar-refractivity contribution in [3.8, 4) is 22.6 Å². The molecule has 0 amide bonds. The van der Waals surface area contributed by atoms with Gasteiger partial charge in [0.2, 0.25) is 0 Å². The SMILES string of the molecule is CCn1c(-c2cccc(C(F)(F)F)c2)nc2cc(Nc3nc(-c4ccncc4)cs3)c(C)cc21. The molecule has 0 saturated heterocycles. The number of nitrogens with zero attached hydrogens (tertiary/aromatic N) is 4. The molecule has 5 aromatic rings. The van der Waals surface area contributed by atoms with Crippen LogP contribution in [0.3, 0.4) is 0 Å². The average Bonchev–Trinajstić information content (AvgIpc) is 3.44. The predicted octanol–water partition coefficient (Wildman–Crippen LogP) is 7.31. The fourth-order valence-electron chi connectivity index (χ4n) is 3.89. The van der Waals surface area contributed by atoms with Crippen LogP contribution >= 0.6 is 11.3 Å². The van der Waals surface area contributed by atoms with Crippen molar-refractivity contribution in [2.24, 2.45) is 0 Å². The molecule has 0 bridgehead atoms. The molecule has 172 valence electrons. The largest absolute Gasteiger partial charge is 0.416 e. The summed E-state index contributed by atoms with van der Waals surface area (Å²) in [5.74, 6) is 0.509. The summed E-state index contributed by atoms with van der Waals surface area (Å²) in [5, 5.41) is 6.08. The average molecular weight is 480 g/mol. The van der Waals surface area contributed by atoms with E-state index in [4.69, 9.17) is 4.98 Å². The van der Waals surface area contributed by atoms with E-state index in [0.29, 0.717) is 23.4 Å². The van der Waals surface area contributed by atoms with E-state index >= 15 is 0 Å². The Morgan fingerprint density at radius 3 is 2.53 bits per heavy atom. The number of alkyl halides is 3. The maximum Gasteiger partial charge on any atom is 0.416 e. The fraction of sp³-hybridized carbons (Fsp3) is 0.160.